The Hall–Kier alpha value is -4.37. The smallest absolute Gasteiger partial charge is 0.258 e. The topological polar surface area (TPSA) is 110 Å². The quantitative estimate of drug-likeness (QED) is 0.450. The lowest BCUT2D eigenvalue weighted by Gasteiger charge is -2.34. The number of phenolic OH excluding ortho intramolecular Hbond substituents is 1. The lowest BCUT2D eigenvalue weighted by Crippen LogP contribution is -2.56. The zero-order valence-electron chi connectivity index (χ0n) is 21.4. The molecule has 0 unspecified atom stereocenters. The molecule has 0 saturated carbocycles. The van der Waals surface area contributed by atoms with Crippen LogP contribution >= 0.6 is 11.6 Å². The molecule has 0 bridgehead atoms. The van der Waals surface area contributed by atoms with Gasteiger partial charge >= 0.3 is 0 Å². The molecule has 1 heterocycles. The molecule has 1 atom stereocenters. The number of carbonyl (C=O) groups is 4. The van der Waals surface area contributed by atoms with E-state index in [0.29, 0.717) is 10.7 Å². The Bertz CT molecular complexity index is 1350. The molecule has 0 radical (unpaired) electrons. The van der Waals surface area contributed by atoms with Gasteiger partial charge in [-0.15, -0.1) is 0 Å². The summed E-state index contributed by atoms with van der Waals surface area (Å²) in [6.07, 6.45) is 0.264. The van der Waals surface area contributed by atoms with E-state index in [-0.39, 0.29) is 49.8 Å². The Morgan fingerprint density at radius 2 is 1.64 bits per heavy atom. The molecule has 1 aliphatic heterocycles. The molecular formula is C29H29ClN4O5. The average molecular weight is 549 g/mol. The molecule has 1 aliphatic rings. The molecule has 1 saturated heterocycles. The number of amides is 4. The van der Waals surface area contributed by atoms with E-state index in [1.807, 2.05) is 30.3 Å². The van der Waals surface area contributed by atoms with Gasteiger partial charge in [-0.1, -0.05) is 54.1 Å². The van der Waals surface area contributed by atoms with Crippen LogP contribution < -0.4 is 10.2 Å². The second kappa shape index (κ2) is 12.4. The monoisotopic (exact) mass is 548 g/mol. The Labute approximate surface area is 231 Å². The van der Waals surface area contributed by atoms with Crippen LogP contribution in [0.15, 0.2) is 78.9 Å². The largest absolute Gasteiger partial charge is 0.507 e. The summed E-state index contributed by atoms with van der Waals surface area (Å²) in [5.41, 5.74) is 1.61. The Kier molecular flexibility index (Phi) is 8.83. The van der Waals surface area contributed by atoms with Crippen molar-refractivity contribution in [2.24, 2.45) is 0 Å². The number of hydrogen-bond donors (Lipinski definition) is 2. The van der Waals surface area contributed by atoms with Gasteiger partial charge in [0.2, 0.25) is 17.7 Å². The number of piperazine rings is 1. The molecule has 3 aromatic rings. The summed E-state index contributed by atoms with van der Waals surface area (Å²) < 4.78 is 0. The summed E-state index contributed by atoms with van der Waals surface area (Å²) in [4.78, 5) is 56.2. The SMILES string of the molecule is CN(C(=O)[C@H](Cc1ccccc1)NC(=O)CN1CCN(C(=O)c2ccccc2O)CC1=O)c1ccc(Cl)cc1. The lowest BCUT2D eigenvalue weighted by molar-refractivity contribution is -0.139. The normalized spacial score (nSPS) is 14.1. The van der Waals surface area contributed by atoms with Crippen molar-refractivity contribution < 1.29 is 24.3 Å². The molecule has 202 valence electrons. The van der Waals surface area contributed by atoms with Crippen LogP contribution in [0.5, 0.6) is 5.75 Å². The number of nitrogens with zero attached hydrogens (tertiary/aromatic N) is 3. The number of halogens is 1. The first-order chi connectivity index (χ1) is 18.7. The molecule has 0 spiro atoms. The molecule has 0 aliphatic carbocycles. The van der Waals surface area contributed by atoms with Gasteiger partial charge in [-0.2, -0.15) is 0 Å². The predicted octanol–water partition coefficient (Wildman–Crippen LogP) is 2.72. The van der Waals surface area contributed by atoms with Crippen LogP contribution in [0.3, 0.4) is 0 Å². The first-order valence-corrected chi connectivity index (χ1v) is 12.8. The van der Waals surface area contributed by atoms with E-state index < -0.39 is 23.8 Å². The van der Waals surface area contributed by atoms with E-state index in [9.17, 15) is 24.3 Å². The molecule has 0 aromatic heterocycles. The summed E-state index contributed by atoms with van der Waals surface area (Å²) in [5, 5.41) is 13.3. The number of carbonyl (C=O) groups excluding carboxylic acids is 4. The first kappa shape index (κ1) is 27.7. The fourth-order valence-electron chi connectivity index (χ4n) is 4.36. The Morgan fingerprint density at radius 3 is 2.31 bits per heavy atom. The zero-order valence-corrected chi connectivity index (χ0v) is 22.2. The van der Waals surface area contributed by atoms with Crippen molar-refractivity contribution in [3.63, 3.8) is 0 Å². The van der Waals surface area contributed by atoms with Gasteiger partial charge in [0.05, 0.1) is 12.1 Å². The summed E-state index contributed by atoms with van der Waals surface area (Å²) in [6, 6.07) is 21.4. The summed E-state index contributed by atoms with van der Waals surface area (Å²) in [6.45, 7) is -0.113. The average Bonchev–Trinajstić information content (AvgIpc) is 2.94. The van der Waals surface area contributed by atoms with Crippen molar-refractivity contribution >= 4 is 40.9 Å². The maximum atomic E-state index is 13.4. The number of para-hydroxylation sites is 1. The van der Waals surface area contributed by atoms with Crippen LogP contribution in [0.2, 0.25) is 5.02 Å². The van der Waals surface area contributed by atoms with Gasteiger partial charge in [-0.3, -0.25) is 19.2 Å². The highest BCUT2D eigenvalue weighted by molar-refractivity contribution is 6.30. The van der Waals surface area contributed by atoms with Crippen molar-refractivity contribution in [1.29, 1.82) is 0 Å². The molecule has 10 heteroatoms. The molecule has 3 aromatic carbocycles. The van der Waals surface area contributed by atoms with E-state index in [1.165, 1.54) is 26.8 Å². The third kappa shape index (κ3) is 6.94. The van der Waals surface area contributed by atoms with Crippen LogP contribution in [0.25, 0.3) is 0 Å². The van der Waals surface area contributed by atoms with Gasteiger partial charge in [0.1, 0.15) is 18.3 Å². The fourth-order valence-corrected chi connectivity index (χ4v) is 4.49. The maximum absolute atomic E-state index is 13.4. The number of nitrogens with one attached hydrogen (secondary N) is 1. The Morgan fingerprint density at radius 1 is 0.974 bits per heavy atom. The molecule has 1 fully saturated rings. The van der Waals surface area contributed by atoms with E-state index in [1.54, 1.807) is 43.4 Å². The number of anilines is 1. The van der Waals surface area contributed by atoms with Gasteiger partial charge in [-0.05, 0) is 42.0 Å². The van der Waals surface area contributed by atoms with Gasteiger partial charge < -0.3 is 25.1 Å². The van der Waals surface area contributed by atoms with Gasteiger partial charge in [0.15, 0.2) is 0 Å². The zero-order chi connectivity index (χ0) is 27.9. The number of phenols is 1. The summed E-state index contributed by atoms with van der Waals surface area (Å²) in [5.74, 6) is -1.82. The fraction of sp³-hybridized carbons (Fsp3) is 0.241. The number of aromatic hydroxyl groups is 1. The summed E-state index contributed by atoms with van der Waals surface area (Å²) >= 11 is 5.98. The van der Waals surface area contributed by atoms with Crippen LogP contribution in [0.1, 0.15) is 15.9 Å². The third-order valence-corrected chi connectivity index (χ3v) is 6.79. The Balaban J connectivity index is 1.41. The molecule has 2 N–H and O–H groups in total. The van der Waals surface area contributed by atoms with Crippen molar-refractivity contribution in [3.8, 4) is 5.75 Å². The molecule has 4 rings (SSSR count). The molecular weight excluding hydrogens is 520 g/mol. The van der Waals surface area contributed by atoms with Crippen molar-refractivity contribution in [2.45, 2.75) is 12.5 Å². The first-order valence-electron chi connectivity index (χ1n) is 12.4. The van der Waals surface area contributed by atoms with Crippen molar-refractivity contribution in [2.75, 3.05) is 38.1 Å². The number of likely N-dealkylation sites (N-methyl/N-ethyl adjacent to an activating group) is 1. The van der Waals surface area contributed by atoms with E-state index in [4.69, 9.17) is 11.6 Å². The van der Waals surface area contributed by atoms with E-state index >= 15 is 0 Å². The minimum atomic E-state index is -0.875. The molecule has 4 amide bonds. The van der Waals surface area contributed by atoms with Crippen molar-refractivity contribution in [1.82, 2.24) is 15.1 Å². The predicted molar refractivity (Wildman–Crippen MR) is 148 cm³/mol. The van der Waals surface area contributed by atoms with Gasteiger partial charge in [-0.25, -0.2) is 0 Å². The number of hydrogen-bond acceptors (Lipinski definition) is 5. The molecule has 39 heavy (non-hydrogen) atoms. The second-order valence-corrected chi connectivity index (χ2v) is 9.68. The summed E-state index contributed by atoms with van der Waals surface area (Å²) in [7, 11) is 1.63. The minimum Gasteiger partial charge on any atom is -0.507 e. The van der Waals surface area contributed by atoms with Gasteiger partial charge in [0.25, 0.3) is 5.91 Å². The number of benzene rings is 3. The lowest BCUT2D eigenvalue weighted by atomic mass is 10.0. The maximum Gasteiger partial charge on any atom is 0.258 e. The van der Waals surface area contributed by atoms with Crippen LogP contribution in [0, 0.1) is 0 Å². The third-order valence-electron chi connectivity index (χ3n) is 6.54. The van der Waals surface area contributed by atoms with Crippen LogP contribution in [0.4, 0.5) is 5.69 Å². The van der Waals surface area contributed by atoms with E-state index in [2.05, 4.69) is 5.32 Å². The van der Waals surface area contributed by atoms with Crippen LogP contribution in [-0.2, 0) is 20.8 Å². The highest BCUT2D eigenvalue weighted by Crippen LogP contribution is 2.20. The molecule has 9 nitrogen and oxygen atoms in total. The minimum absolute atomic E-state index is 0.114. The van der Waals surface area contributed by atoms with Crippen LogP contribution in [-0.4, -0.2) is 77.8 Å². The second-order valence-electron chi connectivity index (χ2n) is 9.24. The highest BCUT2D eigenvalue weighted by Gasteiger charge is 2.31. The highest BCUT2D eigenvalue weighted by atomic mass is 35.5. The van der Waals surface area contributed by atoms with Crippen molar-refractivity contribution in [3.05, 3.63) is 95.0 Å². The van der Waals surface area contributed by atoms with E-state index in [0.717, 1.165) is 5.56 Å². The van der Waals surface area contributed by atoms with Gasteiger partial charge in [0, 0.05) is 37.3 Å². The number of rotatable bonds is 8. The standard InChI is InChI=1S/C29H29ClN4O5/c1-32(22-13-11-21(30)12-14-22)29(39)24(17-20-7-3-2-4-8-20)31-26(36)18-33-15-16-34(19-27(33)37)28(38)23-9-5-6-10-25(23)35/h2-14,24,35H,15-19H2,1H3,(H,31,36)/t24-/m0/s1.